The minimum atomic E-state index is -0.347. The Balaban J connectivity index is 2.11. The van der Waals surface area contributed by atoms with Gasteiger partial charge in [0.05, 0.1) is 6.10 Å². The molecule has 1 fully saturated rings. The van der Waals surface area contributed by atoms with Crippen LogP contribution in [-0.2, 0) is 0 Å². The maximum absolute atomic E-state index is 10.2. The molecule has 1 unspecified atom stereocenters. The molecule has 1 aliphatic rings. The molecule has 2 nitrogen and oxygen atoms in total. The van der Waals surface area contributed by atoms with Crippen molar-refractivity contribution >= 4 is 5.69 Å². The summed E-state index contributed by atoms with van der Waals surface area (Å²) in [5.41, 5.74) is 2.29. The zero-order valence-electron chi connectivity index (χ0n) is 13.2. The molecule has 0 spiro atoms. The third kappa shape index (κ3) is 3.35. The second kappa shape index (κ2) is 7.12. The Bertz CT molecular complexity index is 410. The van der Waals surface area contributed by atoms with Crippen molar-refractivity contribution < 1.29 is 5.11 Å². The van der Waals surface area contributed by atoms with E-state index in [0.29, 0.717) is 6.04 Å². The van der Waals surface area contributed by atoms with Crippen molar-refractivity contribution in [2.75, 3.05) is 11.9 Å². The number of benzene rings is 1. The molecular formula is C18H29NO. The summed E-state index contributed by atoms with van der Waals surface area (Å²) in [7, 11) is 2.19. The summed E-state index contributed by atoms with van der Waals surface area (Å²) >= 11 is 0. The van der Waals surface area contributed by atoms with Gasteiger partial charge in [-0.3, -0.25) is 0 Å². The van der Waals surface area contributed by atoms with Gasteiger partial charge in [-0.2, -0.15) is 0 Å². The Labute approximate surface area is 123 Å². The van der Waals surface area contributed by atoms with Crippen LogP contribution in [0.4, 0.5) is 5.69 Å². The molecule has 20 heavy (non-hydrogen) atoms. The Kier molecular flexibility index (Phi) is 5.47. The molecule has 1 aromatic rings. The van der Waals surface area contributed by atoms with Gasteiger partial charge in [0.1, 0.15) is 0 Å². The van der Waals surface area contributed by atoms with Crippen LogP contribution in [0.2, 0.25) is 0 Å². The summed E-state index contributed by atoms with van der Waals surface area (Å²) in [6.45, 7) is 4.34. The molecule has 1 atom stereocenters. The second-order valence-corrected chi connectivity index (χ2v) is 6.18. The monoisotopic (exact) mass is 275 g/mol. The van der Waals surface area contributed by atoms with Crippen LogP contribution in [0.25, 0.3) is 0 Å². The first kappa shape index (κ1) is 15.4. The van der Waals surface area contributed by atoms with Crippen LogP contribution >= 0.6 is 0 Å². The highest BCUT2D eigenvalue weighted by Gasteiger charge is 2.25. The molecule has 0 aromatic heterocycles. The van der Waals surface area contributed by atoms with Gasteiger partial charge >= 0.3 is 0 Å². The van der Waals surface area contributed by atoms with Gasteiger partial charge in [-0.1, -0.05) is 38.5 Å². The van der Waals surface area contributed by atoms with Gasteiger partial charge in [0.15, 0.2) is 0 Å². The SMILES string of the molecule is CCC1CCC(N(C)c2ccccc2C(O)CC)CC1. The maximum atomic E-state index is 10.2. The van der Waals surface area contributed by atoms with E-state index in [4.69, 9.17) is 0 Å². The zero-order chi connectivity index (χ0) is 14.5. The van der Waals surface area contributed by atoms with Gasteiger partial charge in [0.2, 0.25) is 0 Å². The Hall–Kier alpha value is -1.02. The summed E-state index contributed by atoms with van der Waals surface area (Å²) in [6.07, 6.45) is 7.01. The Morgan fingerprint density at radius 3 is 2.40 bits per heavy atom. The summed E-state index contributed by atoms with van der Waals surface area (Å²) in [5.74, 6) is 0.927. The molecule has 1 aliphatic carbocycles. The van der Waals surface area contributed by atoms with Gasteiger partial charge in [0, 0.05) is 24.3 Å². The Morgan fingerprint density at radius 1 is 1.15 bits per heavy atom. The minimum Gasteiger partial charge on any atom is -0.388 e. The van der Waals surface area contributed by atoms with Gasteiger partial charge in [-0.25, -0.2) is 0 Å². The molecular weight excluding hydrogens is 246 g/mol. The molecule has 2 heteroatoms. The lowest BCUT2D eigenvalue weighted by molar-refractivity contribution is 0.174. The lowest BCUT2D eigenvalue weighted by Crippen LogP contribution is -2.35. The molecule has 0 saturated heterocycles. The predicted octanol–water partition coefficient (Wildman–Crippen LogP) is 4.54. The summed E-state index contributed by atoms with van der Waals surface area (Å²) in [6, 6.07) is 8.95. The average molecular weight is 275 g/mol. The molecule has 0 bridgehead atoms. The molecule has 1 N–H and O–H groups in total. The second-order valence-electron chi connectivity index (χ2n) is 6.18. The molecule has 0 amide bonds. The average Bonchev–Trinajstić information content (AvgIpc) is 2.53. The molecule has 2 rings (SSSR count). The van der Waals surface area contributed by atoms with Gasteiger partial charge in [0.25, 0.3) is 0 Å². The summed E-state index contributed by atoms with van der Waals surface area (Å²) in [4.78, 5) is 2.40. The number of rotatable bonds is 5. The maximum Gasteiger partial charge on any atom is 0.0807 e. The van der Waals surface area contributed by atoms with Gasteiger partial charge < -0.3 is 10.0 Å². The first-order valence-electron chi connectivity index (χ1n) is 8.17. The molecule has 112 valence electrons. The number of anilines is 1. The third-order valence-corrected chi connectivity index (χ3v) is 5.00. The van der Waals surface area contributed by atoms with E-state index in [9.17, 15) is 5.11 Å². The highest BCUT2D eigenvalue weighted by molar-refractivity contribution is 5.54. The van der Waals surface area contributed by atoms with Crippen LogP contribution in [0, 0.1) is 5.92 Å². The number of hydrogen-bond acceptors (Lipinski definition) is 2. The smallest absolute Gasteiger partial charge is 0.0807 e. The molecule has 0 aliphatic heterocycles. The van der Waals surface area contributed by atoms with Gasteiger partial charge in [-0.15, -0.1) is 0 Å². The molecule has 0 radical (unpaired) electrons. The van der Waals surface area contributed by atoms with Crippen molar-refractivity contribution in [1.82, 2.24) is 0 Å². The zero-order valence-corrected chi connectivity index (χ0v) is 13.2. The van der Waals surface area contributed by atoms with Crippen LogP contribution in [0.15, 0.2) is 24.3 Å². The molecule has 1 aromatic carbocycles. The first-order valence-corrected chi connectivity index (χ1v) is 8.17. The largest absolute Gasteiger partial charge is 0.388 e. The van der Waals surface area contributed by atoms with E-state index in [2.05, 4.69) is 37.1 Å². The van der Waals surface area contributed by atoms with E-state index in [1.807, 2.05) is 13.0 Å². The van der Waals surface area contributed by atoms with E-state index in [1.54, 1.807) is 0 Å². The fraction of sp³-hybridized carbons (Fsp3) is 0.667. The van der Waals surface area contributed by atoms with E-state index in [1.165, 1.54) is 37.8 Å². The number of aliphatic hydroxyl groups excluding tert-OH is 1. The highest BCUT2D eigenvalue weighted by Crippen LogP contribution is 2.34. The van der Waals surface area contributed by atoms with Crippen molar-refractivity contribution in [3.8, 4) is 0 Å². The lowest BCUT2D eigenvalue weighted by atomic mass is 9.83. The van der Waals surface area contributed by atoms with Crippen LogP contribution in [0.5, 0.6) is 0 Å². The number of hydrogen-bond donors (Lipinski definition) is 1. The Morgan fingerprint density at radius 2 is 1.80 bits per heavy atom. The van der Waals surface area contributed by atoms with Crippen molar-refractivity contribution in [1.29, 1.82) is 0 Å². The fourth-order valence-electron chi connectivity index (χ4n) is 3.45. The summed E-state index contributed by atoms with van der Waals surface area (Å²) < 4.78 is 0. The topological polar surface area (TPSA) is 23.5 Å². The number of para-hydroxylation sites is 1. The highest BCUT2D eigenvalue weighted by atomic mass is 16.3. The van der Waals surface area contributed by atoms with E-state index >= 15 is 0 Å². The van der Waals surface area contributed by atoms with Crippen molar-refractivity contribution in [3.63, 3.8) is 0 Å². The van der Waals surface area contributed by atoms with Crippen LogP contribution < -0.4 is 4.90 Å². The van der Waals surface area contributed by atoms with Crippen molar-refractivity contribution in [3.05, 3.63) is 29.8 Å². The normalized spacial score (nSPS) is 24.4. The molecule has 0 heterocycles. The van der Waals surface area contributed by atoms with Gasteiger partial charge in [-0.05, 0) is 44.1 Å². The minimum absolute atomic E-state index is 0.347. The van der Waals surface area contributed by atoms with Crippen LogP contribution in [0.1, 0.15) is 64.0 Å². The number of nitrogens with zero attached hydrogens (tertiary/aromatic N) is 1. The van der Waals surface area contributed by atoms with E-state index in [0.717, 1.165) is 17.9 Å². The van der Waals surface area contributed by atoms with Crippen molar-refractivity contribution in [2.24, 2.45) is 5.92 Å². The van der Waals surface area contributed by atoms with Crippen LogP contribution in [0.3, 0.4) is 0 Å². The standard InChI is InChI=1S/C18H29NO/c1-4-14-10-12-15(13-11-14)19(3)17-9-7-6-8-16(17)18(20)5-2/h6-9,14-15,18,20H,4-5,10-13H2,1-3H3. The fourth-order valence-corrected chi connectivity index (χ4v) is 3.45. The summed E-state index contributed by atoms with van der Waals surface area (Å²) in [5, 5.41) is 10.2. The predicted molar refractivity (Wildman–Crippen MR) is 86.1 cm³/mol. The molecule has 1 saturated carbocycles. The van der Waals surface area contributed by atoms with Crippen molar-refractivity contribution in [2.45, 2.75) is 64.5 Å². The van der Waals surface area contributed by atoms with E-state index in [-0.39, 0.29) is 6.10 Å². The van der Waals surface area contributed by atoms with E-state index < -0.39 is 0 Å². The number of aliphatic hydroxyl groups is 1. The quantitative estimate of drug-likeness (QED) is 0.853. The third-order valence-electron chi connectivity index (χ3n) is 5.00. The van der Waals surface area contributed by atoms with Crippen LogP contribution in [-0.4, -0.2) is 18.2 Å². The lowest BCUT2D eigenvalue weighted by Gasteiger charge is -2.37. The first-order chi connectivity index (χ1) is 9.67.